The Morgan fingerprint density at radius 2 is 1.96 bits per heavy atom. The van der Waals surface area contributed by atoms with Gasteiger partial charge in [-0.15, -0.1) is 0 Å². The zero-order valence-electron chi connectivity index (χ0n) is 14.6. The molecule has 136 valence electrons. The van der Waals surface area contributed by atoms with Crippen LogP contribution in [-0.2, 0) is 17.6 Å². The highest BCUT2D eigenvalue weighted by atomic mass is 35.5. The first kappa shape index (κ1) is 17.6. The van der Waals surface area contributed by atoms with Gasteiger partial charge in [-0.1, -0.05) is 29.8 Å². The predicted molar refractivity (Wildman–Crippen MR) is 103 cm³/mol. The summed E-state index contributed by atoms with van der Waals surface area (Å²) in [6.45, 7) is 0. The number of carbonyl (C=O) groups is 1. The van der Waals surface area contributed by atoms with Gasteiger partial charge in [-0.05, 0) is 42.7 Å². The van der Waals surface area contributed by atoms with E-state index in [4.69, 9.17) is 26.7 Å². The number of pyridine rings is 1. The van der Waals surface area contributed by atoms with Crippen molar-refractivity contribution >= 4 is 17.6 Å². The molecule has 0 spiro atoms. The summed E-state index contributed by atoms with van der Waals surface area (Å²) in [5, 5.41) is 9.52. The van der Waals surface area contributed by atoms with Crippen molar-refractivity contribution in [2.24, 2.45) is 0 Å². The minimum atomic E-state index is -0.861. The average Bonchev–Trinajstić information content (AvgIpc) is 3.48. The van der Waals surface area contributed by atoms with Gasteiger partial charge in [0.1, 0.15) is 0 Å². The zero-order chi connectivity index (χ0) is 18.8. The number of nitrogens with zero attached hydrogens (tertiary/aromatic N) is 3. The lowest BCUT2D eigenvalue weighted by atomic mass is 10.1. The summed E-state index contributed by atoms with van der Waals surface area (Å²) in [6.07, 6.45) is 4.49. The number of hydrogen-bond donors (Lipinski definition) is 1. The van der Waals surface area contributed by atoms with Crippen LogP contribution in [0.4, 0.5) is 0 Å². The van der Waals surface area contributed by atoms with Crippen LogP contribution in [0.2, 0.25) is 5.02 Å². The van der Waals surface area contributed by atoms with E-state index in [9.17, 15) is 4.79 Å². The molecule has 5 nitrogen and oxygen atoms in total. The van der Waals surface area contributed by atoms with Gasteiger partial charge in [-0.3, -0.25) is 9.78 Å². The van der Waals surface area contributed by atoms with Crippen molar-refractivity contribution in [1.82, 2.24) is 15.0 Å². The standard InChI is InChI=1S/C21H18ClN3O2/c22-16-3-1-2-15(9-16)21-24-18(11-19(25-21)14-5-6-14)10-17-7-4-13(12-23-17)8-20(26)27/h1-4,7,9,11-12,14H,5-6,8,10H2,(H,26,27). The molecule has 3 aromatic rings. The lowest BCUT2D eigenvalue weighted by Gasteiger charge is -2.08. The maximum atomic E-state index is 10.8. The molecule has 1 aliphatic carbocycles. The van der Waals surface area contributed by atoms with Gasteiger partial charge >= 0.3 is 5.97 Å². The quantitative estimate of drug-likeness (QED) is 0.691. The summed E-state index contributed by atoms with van der Waals surface area (Å²) in [7, 11) is 0. The summed E-state index contributed by atoms with van der Waals surface area (Å²) < 4.78 is 0. The molecule has 0 aliphatic heterocycles. The maximum absolute atomic E-state index is 10.8. The third-order valence-corrected chi connectivity index (χ3v) is 4.72. The van der Waals surface area contributed by atoms with Gasteiger partial charge in [0.25, 0.3) is 0 Å². The summed E-state index contributed by atoms with van der Waals surface area (Å²) in [6, 6.07) is 13.3. The number of carboxylic acid groups (broad SMARTS) is 1. The third kappa shape index (κ3) is 4.49. The van der Waals surface area contributed by atoms with E-state index < -0.39 is 5.97 Å². The van der Waals surface area contributed by atoms with Crippen LogP contribution in [0.15, 0.2) is 48.7 Å². The number of hydrogen-bond acceptors (Lipinski definition) is 4. The van der Waals surface area contributed by atoms with E-state index in [1.165, 1.54) is 0 Å². The molecule has 0 amide bonds. The van der Waals surface area contributed by atoms with E-state index in [0.717, 1.165) is 35.5 Å². The maximum Gasteiger partial charge on any atom is 0.307 e. The van der Waals surface area contributed by atoms with Gasteiger partial charge in [0.15, 0.2) is 5.82 Å². The second kappa shape index (κ2) is 7.45. The lowest BCUT2D eigenvalue weighted by molar-refractivity contribution is -0.136. The number of rotatable bonds is 6. The molecule has 0 radical (unpaired) electrons. The molecule has 0 bridgehead atoms. The van der Waals surface area contributed by atoms with E-state index in [-0.39, 0.29) is 6.42 Å². The first-order valence-corrected chi connectivity index (χ1v) is 9.24. The minimum Gasteiger partial charge on any atom is -0.481 e. The molecule has 1 N–H and O–H groups in total. The average molecular weight is 380 g/mol. The van der Waals surface area contributed by atoms with Gasteiger partial charge in [0, 0.05) is 40.5 Å². The summed E-state index contributed by atoms with van der Waals surface area (Å²) in [4.78, 5) is 24.6. The molecule has 6 heteroatoms. The van der Waals surface area contributed by atoms with Gasteiger partial charge < -0.3 is 5.11 Å². The number of carboxylic acids is 1. The highest BCUT2D eigenvalue weighted by Crippen LogP contribution is 2.39. The Morgan fingerprint density at radius 3 is 2.63 bits per heavy atom. The number of aliphatic carboxylic acids is 1. The van der Waals surface area contributed by atoms with E-state index in [2.05, 4.69) is 11.1 Å². The third-order valence-electron chi connectivity index (χ3n) is 4.48. The SMILES string of the molecule is O=C(O)Cc1ccc(Cc2cc(C3CC3)nc(-c3cccc(Cl)c3)n2)nc1. The van der Waals surface area contributed by atoms with Crippen molar-refractivity contribution in [2.45, 2.75) is 31.6 Å². The highest BCUT2D eigenvalue weighted by molar-refractivity contribution is 6.30. The number of benzene rings is 1. The second-order valence-corrected chi connectivity index (χ2v) is 7.23. The van der Waals surface area contributed by atoms with Crippen LogP contribution >= 0.6 is 11.6 Å². The minimum absolute atomic E-state index is 0.0223. The Labute approximate surface area is 162 Å². The molecule has 2 aromatic heterocycles. The Morgan fingerprint density at radius 1 is 1.11 bits per heavy atom. The van der Waals surface area contributed by atoms with Crippen molar-refractivity contribution in [1.29, 1.82) is 0 Å². The lowest BCUT2D eigenvalue weighted by Crippen LogP contribution is -2.03. The van der Waals surface area contributed by atoms with Crippen LogP contribution in [0.25, 0.3) is 11.4 Å². The van der Waals surface area contributed by atoms with Crippen molar-refractivity contribution in [2.75, 3.05) is 0 Å². The molecule has 1 saturated carbocycles. The Bertz CT molecular complexity index is 985. The smallest absolute Gasteiger partial charge is 0.307 e. The Kier molecular flexibility index (Phi) is 4.86. The Balaban J connectivity index is 1.63. The van der Waals surface area contributed by atoms with Crippen molar-refractivity contribution in [3.05, 3.63) is 76.3 Å². The first-order chi connectivity index (χ1) is 13.1. The van der Waals surface area contributed by atoms with Gasteiger partial charge in [0.2, 0.25) is 0 Å². The van der Waals surface area contributed by atoms with Gasteiger partial charge in [-0.2, -0.15) is 0 Å². The van der Waals surface area contributed by atoms with Crippen LogP contribution in [-0.4, -0.2) is 26.0 Å². The summed E-state index contributed by atoms with van der Waals surface area (Å²) in [5.74, 6) is 0.329. The monoisotopic (exact) mass is 379 g/mol. The molecule has 0 unspecified atom stereocenters. The predicted octanol–water partition coefficient (Wildman–Crippen LogP) is 4.29. The van der Waals surface area contributed by atoms with Crippen LogP contribution < -0.4 is 0 Å². The van der Waals surface area contributed by atoms with E-state index in [0.29, 0.717) is 28.7 Å². The molecular formula is C21H18ClN3O2. The van der Waals surface area contributed by atoms with E-state index >= 15 is 0 Å². The normalized spacial score (nSPS) is 13.5. The zero-order valence-corrected chi connectivity index (χ0v) is 15.4. The topological polar surface area (TPSA) is 76.0 Å². The highest BCUT2D eigenvalue weighted by Gasteiger charge is 2.26. The molecule has 27 heavy (non-hydrogen) atoms. The molecule has 1 aliphatic rings. The number of aromatic nitrogens is 3. The van der Waals surface area contributed by atoms with Gasteiger partial charge in [-0.25, -0.2) is 9.97 Å². The van der Waals surface area contributed by atoms with Crippen LogP contribution in [0.1, 0.15) is 41.4 Å². The summed E-state index contributed by atoms with van der Waals surface area (Å²) >= 11 is 6.12. The van der Waals surface area contributed by atoms with Crippen LogP contribution in [0.3, 0.4) is 0 Å². The van der Waals surface area contributed by atoms with Crippen molar-refractivity contribution < 1.29 is 9.90 Å². The van der Waals surface area contributed by atoms with E-state index in [1.54, 1.807) is 12.3 Å². The van der Waals surface area contributed by atoms with Crippen molar-refractivity contribution in [3.63, 3.8) is 0 Å². The second-order valence-electron chi connectivity index (χ2n) is 6.80. The van der Waals surface area contributed by atoms with Crippen LogP contribution in [0, 0.1) is 0 Å². The molecule has 1 aromatic carbocycles. The molecule has 1 fully saturated rings. The fourth-order valence-corrected chi connectivity index (χ4v) is 3.17. The first-order valence-electron chi connectivity index (χ1n) is 8.86. The Hall–Kier alpha value is -2.79. The largest absolute Gasteiger partial charge is 0.481 e. The summed E-state index contributed by atoms with van der Waals surface area (Å²) in [5.41, 5.74) is 4.41. The number of halogens is 1. The van der Waals surface area contributed by atoms with Crippen molar-refractivity contribution in [3.8, 4) is 11.4 Å². The van der Waals surface area contributed by atoms with Gasteiger partial charge in [0.05, 0.1) is 12.1 Å². The molecular weight excluding hydrogens is 362 g/mol. The molecule has 0 atom stereocenters. The molecule has 2 heterocycles. The molecule has 4 rings (SSSR count). The molecule has 0 saturated heterocycles. The fourth-order valence-electron chi connectivity index (χ4n) is 2.98. The van der Waals surface area contributed by atoms with Crippen LogP contribution in [0.5, 0.6) is 0 Å². The van der Waals surface area contributed by atoms with E-state index in [1.807, 2.05) is 30.3 Å². The fraction of sp³-hybridized carbons (Fsp3) is 0.238.